The number of nitrogens with zero attached hydrogens (tertiary/aromatic N) is 4. The number of aromatic amines is 1. The van der Waals surface area contributed by atoms with Gasteiger partial charge in [0.1, 0.15) is 5.60 Å². The van der Waals surface area contributed by atoms with E-state index in [9.17, 15) is 29.4 Å². The maximum atomic E-state index is 16.9. The number of para-hydroxylation sites is 1. The van der Waals surface area contributed by atoms with Crippen molar-refractivity contribution in [1.29, 1.82) is 0 Å². The number of hydrogen-bond acceptors (Lipinski definition) is 10. The molecule has 0 aliphatic heterocycles. The Bertz CT molecular complexity index is 2200. The van der Waals surface area contributed by atoms with Crippen molar-refractivity contribution in [2.24, 2.45) is 22.7 Å². The van der Waals surface area contributed by atoms with Crippen LogP contribution in [0.3, 0.4) is 0 Å². The minimum atomic E-state index is -2.00. The summed E-state index contributed by atoms with van der Waals surface area (Å²) >= 11 is 5.90. The lowest BCUT2D eigenvalue weighted by Gasteiger charge is -2.62. The van der Waals surface area contributed by atoms with Crippen LogP contribution in [0.1, 0.15) is 74.6 Å². The topological polar surface area (TPSA) is 177 Å². The summed E-state index contributed by atoms with van der Waals surface area (Å²) in [5.74, 6) is -1.81. The van der Waals surface area contributed by atoms with Crippen molar-refractivity contribution in [1.82, 2.24) is 25.2 Å². The van der Waals surface area contributed by atoms with E-state index in [1.807, 2.05) is 30.5 Å². The molecule has 4 aromatic rings. The molecule has 4 aliphatic rings. The quantitative estimate of drug-likeness (QED) is 0.219. The second kappa shape index (κ2) is 13.8. The molecule has 3 saturated carbocycles. The smallest absolute Gasteiger partial charge is 0.303 e. The van der Waals surface area contributed by atoms with Crippen molar-refractivity contribution in [2.45, 2.75) is 76.7 Å². The van der Waals surface area contributed by atoms with Gasteiger partial charge in [-0.15, -0.1) is 10.2 Å². The fourth-order valence-electron chi connectivity index (χ4n) is 9.68. The lowest BCUT2D eigenvalue weighted by Crippen LogP contribution is -2.69. The van der Waals surface area contributed by atoms with Crippen LogP contribution in [0.25, 0.3) is 10.9 Å². The first-order chi connectivity index (χ1) is 25.6. The highest BCUT2D eigenvalue weighted by Gasteiger charge is 2.74. The van der Waals surface area contributed by atoms with Gasteiger partial charge in [0.15, 0.2) is 23.9 Å². The van der Waals surface area contributed by atoms with E-state index in [0.29, 0.717) is 47.7 Å². The summed E-state index contributed by atoms with van der Waals surface area (Å²) in [6.45, 7) is 4.12. The Balaban J connectivity index is 0.000000171. The number of carbonyl (C=O) groups is 4. The third-order valence-electron chi connectivity index (χ3n) is 12.5. The van der Waals surface area contributed by atoms with Gasteiger partial charge < -0.3 is 14.9 Å². The molecular weight excluding hydrogens is 717 g/mol. The number of Topliss-reactive ketones (excluding diaryl/α,β-unsaturated/α-hetero) is 1. The molecule has 54 heavy (non-hydrogen) atoms. The summed E-state index contributed by atoms with van der Waals surface area (Å²) in [6.07, 6.45) is 6.80. The molecule has 0 bridgehead atoms. The van der Waals surface area contributed by atoms with Gasteiger partial charge in [0.05, 0.1) is 11.6 Å². The number of rotatable bonds is 6. The Morgan fingerprint density at radius 1 is 1.09 bits per heavy atom. The van der Waals surface area contributed by atoms with Crippen LogP contribution in [-0.2, 0) is 25.5 Å². The highest BCUT2D eigenvalue weighted by molar-refractivity contribution is 6.30. The SMILES string of the molecule is CC(=O)OCC(=O)[C@@]1(O)CC[C@H]2[C@@H]3CCC4=CC(=O)C=C[C@]4(C)[C@@]3(F)[C@@H](O)C[C@@]21C.O=C(c1ccc(Cl)cc1)n1cc(Cc2nn[nH]n2)c2ccccc21. The molecule has 7 atom stereocenters. The van der Waals surface area contributed by atoms with Crippen molar-refractivity contribution >= 4 is 45.9 Å². The fourth-order valence-corrected chi connectivity index (χ4v) is 9.80. The van der Waals surface area contributed by atoms with Gasteiger partial charge >= 0.3 is 5.97 Å². The zero-order valence-electron chi connectivity index (χ0n) is 30.1. The summed E-state index contributed by atoms with van der Waals surface area (Å²) in [5, 5.41) is 38.1. The average Bonchev–Trinajstić information content (AvgIpc) is 3.86. The predicted octanol–water partition coefficient (Wildman–Crippen LogP) is 5.31. The number of esters is 1. The highest BCUT2D eigenvalue weighted by Crippen LogP contribution is 2.69. The number of aromatic nitrogens is 5. The molecule has 3 fully saturated rings. The summed E-state index contributed by atoms with van der Waals surface area (Å²) in [5.41, 5.74) is -2.84. The third kappa shape index (κ3) is 5.93. The van der Waals surface area contributed by atoms with Crippen LogP contribution in [0, 0.1) is 22.7 Å². The van der Waals surface area contributed by atoms with Crippen LogP contribution in [0.15, 0.2) is 78.5 Å². The maximum absolute atomic E-state index is 16.9. The molecule has 12 nitrogen and oxygen atoms in total. The van der Waals surface area contributed by atoms with Gasteiger partial charge in [-0.1, -0.05) is 53.6 Å². The van der Waals surface area contributed by atoms with Crippen molar-refractivity contribution < 1.29 is 38.5 Å². The number of aliphatic hydroxyl groups is 2. The maximum Gasteiger partial charge on any atom is 0.303 e. The van der Waals surface area contributed by atoms with Gasteiger partial charge in [0, 0.05) is 52.3 Å². The predicted molar refractivity (Wildman–Crippen MR) is 195 cm³/mol. The van der Waals surface area contributed by atoms with Gasteiger partial charge in [-0.2, -0.15) is 5.21 Å². The number of aliphatic hydroxyl groups excluding tert-OH is 1. The van der Waals surface area contributed by atoms with Gasteiger partial charge in [-0.25, -0.2) is 4.39 Å². The Morgan fingerprint density at radius 2 is 1.83 bits per heavy atom. The van der Waals surface area contributed by atoms with Crippen LogP contribution < -0.4 is 0 Å². The lowest BCUT2D eigenvalue weighted by molar-refractivity contribution is -0.217. The summed E-state index contributed by atoms with van der Waals surface area (Å²) < 4.78 is 23.4. The van der Waals surface area contributed by atoms with E-state index in [4.69, 9.17) is 16.3 Å². The van der Waals surface area contributed by atoms with E-state index in [0.717, 1.165) is 16.5 Å². The number of hydrogen-bond donors (Lipinski definition) is 3. The van der Waals surface area contributed by atoms with Crippen LogP contribution in [0.2, 0.25) is 5.02 Å². The number of H-pyrrole nitrogens is 1. The molecule has 8 rings (SSSR count). The number of carbonyl (C=O) groups excluding carboxylic acids is 4. The van der Waals surface area contributed by atoms with E-state index < -0.39 is 52.5 Å². The monoisotopic (exact) mass is 757 g/mol. The first-order valence-corrected chi connectivity index (χ1v) is 18.3. The van der Waals surface area contributed by atoms with Crippen molar-refractivity contribution in [2.75, 3.05) is 6.61 Å². The third-order valence-corrected chi connectivity index (χ3v) is 12.8. The molecule has 2 heterocycles. The van der Waals surface area contributed by atoms with E-state index in [1.54, 1.807) is 48.8 Å². The number of halogens is 2. The molecule has 0 saturated heterocycles. The van der Waals surface area contributed by atoms with Gasteiger partial charge in [0.2, 0.25) is 5.78 Å². The molecule has 0 amide bonds. The van der Waals surface area contributed by atoms with Gasteiger partial charge in [-0.3, -0.25) is 23.7 Å². The van der Waals surface area contributed by atoms with Crippen molar-refractivity contribution in [3.05, 3.63) is 101 Å². The van der Waals surface area contributed by atoms with E-state index in [-0.39, 0.29) is 30.4 Å². The van der Waals surface area contributed by atoms with Gasteiger partial charge in [-0.05, 0) is 93.0 Å². The number of tetrazole rings is 1. The number of nitrogens with one attached hydrogen (secondary N) is 1. The molecule has 282 valence electrons. The van der Waals surface area contributed by atoms with Crippen LogP contribution in [0.5, 0.6) is 0 Å². The summed E-state index contributed by atoms with van der Waals surface area (Å²) in [4.78, 5) is 48.7. The first kappa shape index (κ1) is 37.5. The zero-order chi connectivity index (χ0) is 38.6. The number of fused-ring (bicyclic) bond motifs is 6. The Labute approximate surface area is 315 Å². The van der Waals surface area contributed by atoms with Gasteiger partial charge in [0.25, 0.3) is 5.91 Å². The minimum absolute atomic E-state index is 0.0857. The van der Waals surface area contributed by atoms with Crippen molar-refractivity contribution in [3.8, 4) is 0 Å². The Kier molecular flexibility index (Phi) is 9.56. The molecule has 4 aliphatic carbocycles. The molecular formula is C40H41ClFN5O7. The van der Waals surface area contributed by atoms with Crippen molar-refractivity contribution in [3.63, 3.8) is 0 Å². The highest BCUT2D eigenvalue weighted by atomic mass is 35.5. The largest absolute Gasteiger partial charge is 0.458 e. The minimum Gasteiger partial charge on any atom is -0.458 e. The molecule has 3 N–H and O–H groups in total. The van der Waals surface area contributed by atoms with Crippen LogP contribution in [0.4, 0.5) is 4.39 Å². The summed E-state index contributed by atoms with van der Waals surface area (Å²) in [7, 11) is 0. The number of allylic oxidation sites excluding steroid dienone is 4. The Morgan fingerprint density at radius 3 is 2.54 bits per heavy atom. The summed E-state index contributed by atoms with van der Waals surface area (Å²) in [6, 6.07) is 14.6. The number of alkyl halides is 1. The average molecular weight is 758 g/mol. The molecule has 14 heteroatoms. The number of ether oxygens (including phenoxy) is 1. The van der Waals surface area contributed by atoms with E-state index in [2.05, 4.69) is 20.6 Å². The molecule has 0 radical (unpaired) electrons. The standard InChI is InChI=1S/C23H29FO6.C17H12ClN5O/c1-13(25)30-12-19(28)22(29)9-7-16-17-5-4-14-10-15(26)6-8-20(14,2)23(17,24)18(27)11-21(16,22)3;18-13-7-5-11(6-8-13)17(24)23-10-12(9-16-19-21-22-20-16)14-3-1-2-4-15(14)23/h6,8,10,16-18,27,29H,4-5,7,9,11-12H2,1-3H3;1-8,10H,9H2,(H,19,20,21,22)/t16-,17-,18-,20-,21-,22-,23-;/m0./s1. The molecule has 2 aromatic carbocycles. The second-order valence-corrected chi connectivity index (χ2v) is 15.7. The van der Waals surface area contributed by atoms with E-state index >= 15 is 4.39 Å². The molecule has 2 aromatic heterocycles. The first-order valence-electron chi connectivity index (χ1n) is 17.9. The molecule has 0 unspecified atom stereocenters. The Hall–Kier alpha value is -4.85. The zero-order valence-corrected chi connectivity index (χ0v) is 30.8. The molecule has 0 spiro atoms. The van der Waals surface area contributed by atoms with E-state index in [1.165, 1.54) is 19.1 Å². The number of ketones is 2. The normalized spacial score (nSPS) is 31.1. The lowest BCUT2D eigenvalue weighted by atomic mass is 9.44. The second-order valence-electron chi connectivity index (χ2n) is 15.2. The number of benzene rings is 2. The fraction of sp³-hybridized carbons (Fsp3) is 0.425. The van der Waals surface area contributed by atoms with Crippen LogP contribution >= 0.6 is 11.6 Å². The van der Waals surface area contributed by atoms with Crippen LogP contribution in [-0.4, -0.2) is 82.8 Å².